The van der Waals surface area contributed by atoms with E-state index in [2.05, 4.69) is 10.6 Å². The predicted molar refractivity (Wildman–Crippen MR) is 77.9 cm³/mol. The molecule has 1 amide bonds. The van der Waals surface area contributed by atoms with E-state index in [0.29, 0.717) is 6.54 Å². The molecule has 0 atom stereocenters. The van der Waals surface area contributed by atoms with Gasteiger partial charge >= 0.3 is 0 Å². The SMILES string of the molecule is CNCc1ccccc1NC(=O)Cc1ccc(F)cc1. The van der Waals surface area contributed by atoms with Gasteiger partial charge in [-0.3, -0.25) is 4.79 Å². The average Bonchev–Trinajstić information content (AvgIpc) is 2.44. The Morgan fingerprint density at radius 2 is 1.80 bits per heavy atom. The van der Waals surface area contributed by atoms with Gasteiger partial charge in [0.1, 0.15) is 5.82 Å². The second kappa shape index (κ2) is 6.82. The molecule has 0 aliphatic heterocycles. The quantitative estimate of drug-likeness (QED) is 0.878. The Balaban J connectivity index is 2.02. The zero-order valence-electron chi connectivity index (χ0n) is 11.3. The van der Waals surface area contributed by atoms with E-state index in [9.17, 15) is 9.18 Å². The Morgan fingerprint density at radius 1 is 1.10 bits per heavy atom. The van der Waals surface area contributed by atoms with E-state index in [-0.39, 0.29) is 18.1 Å². The molecule has 0 radical (unpaired) electrons. The highest BCUT2D eigenvalue weighted by molar-refractivity contribution is 5.92. The van der Waals surface area contributed by atoms with Crippen LogP contribution in [0, 0.1) is 5.82 Å². The number of rotatable bonds is 5. The van der Waals surface area contributed by atoms with Crippen LogP contribution in [0.5, 0.6) is 0 Å². The minimum Gasteiger partial charge on any atom is -0.325 e. The number of amides is 1. The summed E-state index contributed by atoms with van der Waals surface area (Å²) in [6, 6.07) is 13.6. The molecule has 0 unspecified atom stereocenters. The fourth-order valence-electron chi connectivity index (χ4n) is 1.97. The zero-order chi connectivity index (χ0) is 14.4. The topological polar surface area (TPSA) is 41.1 Å². The summed E-state index contributed by atoms with van der Waals surface area (Å²) >= 11 is 0. The zero-order valence-corrected chi connectivity index (χ0v) is 11.3. The lowest BCUT2D eigenvalue weighted by molar-refractivity contribution is -0.115. The van der Waals surface area contributed by atoms with Gasteiger partial charge in [-0.2, -0.15) is 0 Å². The lowest BCUT2D eigenvalue weighted by Crippen LogP contribution is -2.17. The van der Waals surface area contributed by atoms with Gasteiger partial charge in [-0.25, -0.2) is 4.39 Å². The van der Waals surface area contributed by atoms with Crippen LogP contribution >= 0.6 is 0 Å². The molecule has 0 spiro atoms. The lowest BCUT2D eigenvalue weighted by Gasteiger charge is -2.10. The molecule has 3 nitrogen and oxygen atoms in total. The van der Waals surface area contributed by atoms with Crippen molar-refractivity contribution in [2.45, 2.75) is 13.0 Å². The van der Waals surface area contributed by atoms with Crippen LogP contribution in [0.25, 0.3) is 0 Å². The highest BCUT2D eigenvalue weighted by Crippen LogP contribution is 2.15. The normalized spacial score (nSPS) is 10.3. The standard InChI is InChI=1S/C16H17FN2O/c1-18-11-13-4-2-3-5-15(13)19-16(20)10-12-6-8-14(17)9-7-12/h2-9,18H,10-11H2,1H3,(H,19,20). The van der Waals surface area contributed by atoms with Gasteiger partial charge in [-0.1, -0.05) is 30.3 Å². The largest absolute Gasteiger partial charge is 0.325 e. The molecular weight excluding hydrogens is 255 g/mol. The van der Waals surface area contributed by atoms with Gasteiger partial charge in [-0.15, -0.1) is 0 Å². The summed E-state index contributed by atoms with van der Waals surface area (Å²) in [5.74, 6) is -0.409. The maximum Gasteiger partial charge on any atom is 0.228 e. The summed E-state index contributed by atoms with van der Waals surface area (Å²) in [6.45, 7) is 0.688. The maximum absolute atomic E-state index is 12.8. The molecule has 0 heterocycles. The molecular formula is C16H17FN2O. The Kier molecular flexibility index (Phi) is 4.85. The van der Waals surface area contributed by atoms with Crippen LogP contribution in [0.2, 0.25) is 0 Å². The molecule has 2 rings (SSSR count). The van der Waals surface area contributed by atoms with Gasteiger partial charge in [0.2, 0.25) is 5.91 Å². The Labute approximate surface area is 117 Å². The summed E-state index contributed by atoms with van der Waals surface area (Å²) in [5.41, 5.74) is 2.62. The molecule has 20 heavy (non-hydrogen) atoms. The van der Waals surface area contributed by atoms with Crippen molar-refractivity contribution in [2.75, 3.05) is 12.4 Å². The first kappa shape index (κ1) is 14.2. The van der Waals surface area contributed by atoms with Crippen LogP contribution in [-0.4, -0.2) is 13.0 Å². The van der Waals surface area contributed by atoms with E-state index in [0.717, 1.165) is 16.8 Å². The number of benzene rings is 2. The number of carbonyl (C=O) groups excluding carboxylic acids is 1. The summed E-state index contributed by atoms with van der Waals surface area (Å²) in [6.07, 6.45) is 0.230. The summed E-state index contributed by atoms with van der Waals surface area (Å²) in [7, 11) is 1.86. The molecule has 2 N–H and O–H groups in total. The van der Waals surface area contributed by atoms with E-state index in [4.69, 9.17) is 0 Å². The van der Waals surface area contributed by atoms with Gasteiger partial charge in [0.05, 0.1) is 6.42 Å². The van der Waals surface area contributed by atoms with Crippen molar-refractivity contribution in [3.8, 4) is 0 Å². The second-order valence-corrected chi connectivity index (χ2v) is 4.54. The van der Waals surface area contributed by atoms with E-state index in [1.807, 2.05) is 31.3 Å². The summed E-state index contributed by atoms with van der Waals surface area (Å²) in [5, 5.41) is 5.95. The number of para-hydroxylation sites is 1. The molecule has 2 aromatic carbocycles. The number of nitrogens with one attached hydrogen (secondary N) is 2. The van der Waals surface area contributed by atoms with E-state index in [1.165, 1.54) is 12.1 Å². The van der Waals surface area contributed by atoms with Gasteiger partial charge in [-0.05, 0) is 36.4 Å². The molecule has 4 heteroatoms. The van der Waals surface area contributed by atoms with Crippen LogP contribution in [0.4, 0.5) is 10.1 Å². The molecule has 0 aromatic heterocycles. The number of carbonyl (C=O) groups is 1. The fourth-order valence-corrected chi connectivity index (χ4v) is 1.97. The van der Waals surface area contributed by atoms with Crippen molar-refractivity contribution in [2.24, 2.45) is 0 Å². The molecule has 0 bridgehead atoms. The first-order valence-corrected chi connectivity index (χ1v) is 6.46. The van der Waals surface area contributed by atoms with E-state index in [1.54, 1.807) is 12.1 Å². The molecule has 2 aromatic rings. The fraction of sp³-hybridized carbons (Fsp3) is 0.188. The van der Waals surface area contributed by atoms with E-state index < -0.39 is 0 Å². The minimum absolute atomic E-state index is 0.111. The monoisotopic (exact) mass is 272 g/mol. The van der Waals surface area contributed by atoms with Crippen molar-refractivity contribution in [1.29, 1.82) is 0 Å². The average molecular weight is 272 g/mol. The third-order valence-electron chi connectivity index (χ3n) is 2.94. The molecule has 0 aliphatic rings. The summed E-state index contributed by atoms with van der Waals surface area (Å²) < 4.78 is 12.8. The second-order valence-electron chi connectivity index (χ2n) is 4.54. The molecule has 0 aliphatic carbocycles. The first-order chi connectivity index (χ1) is 9.69. The number of anilines is 1. The Morgan fingerprint density at radius 3 is 2.50 bits per heavy atom. The van der Waals surface area contributed by atoms with Crippen LogP contribution in [0.3, 0.4) is 0 Å². The number of hydrogen-bond donors (Lipinski definition) is 2. The lowest BCUT2D eigenvalue weighted by atomic mass is 10.1. The highest BCUT2D eigenvalue weighted by Gasteiger charge is 2.07. The summed E-state index contributed by atoms with van der Waals surface area (Å²) in [4.78, 5) is 12.0. The Bertz CT molecular complexity index is 581. The third-order valence-corrected chi connectivity index (χ3v) is 2.94. The predicted octanol–water partition coefficient (Wildman–Crippen LogP) is 2.73. The number of hydrogen-bond acceptors (Lipinski definition) is 2. The number of halogens is 1. The first-order valence-electron chi connectivity index (χ1n) is 6.46. The van der Waals surface area contributed by atoms with E-state index >= 15 is 0 Å². The van der Waals surface area contributed by atoms with Gasteiger partial charge in [0, 0.05) is 12.2 Å². The van der Waals surface area contributed by atoms with Crippen molar-refractivity contribution in [3.05, 3.63) is 65.5 Å². The van der Waals surface area contributed by atoms with Crippen molar-refractivity contribution < 1.29 is 9.18 Å². The highest BCUT2D eigenvalue weighted by atomic mass is 19.1. The Hall–Kier alpha value is -2.20. The smallest absolute Gasteiger partial charge is 0.228 e. The molecule has 104 valence electrons. The van der Waals surface area contributed by atoms with Gasteiger partial charge < -0.3 is 10.6 Å². The third kappa shape index (κ3) is 3.90. The van der Waals surface area contributed by atoms with Crippen LogP contribution < -0.4 is 10.6 Å². The molecule has 0 saturated carbocycles. The van der Waals surface area contributed by atoms with Crippen molar-refractivity contribution in [3.63, 3.8) is 0 Å². The minimum atomic E-state index is -0.298. The van der Waals surface area contributed by atoms with Crippen molar-refractivity contribution in [1.82, 2.24) is 5.32 Å². The molecule has 0 fully saturated rings. The van der Waals surface area contributed by atoms with Gasteiger partial charge in [0.25, 0.3) is 0 Å². The van der Waals surface area contributed by atoms with Crippen molar-refractivity contribution >= 4 is 11.6 Å². The van der Waals surface area contributed by atoms with Crippen LogP contribution in [-0.2, 0) is 17.8 Å². The van der Waals surface area contributed by atoms with Crippen LogP contribution in [0.1, 0.15) is 11.1 Å². The molecule has 0 saturated heterocycles. The van der Waals surface area contributed by atoms with Gasteiger partial charge in [0.15, 0.2) is 0 Å². The maximum atomic E-state index is 12.8. The van der Waals surface area contributed by atoms with Crippen LogP contribution in [0.15, 0.2) is 48.5 Å².